The number of amides is 2. The van der Waals surface area contributed by atoms with Crippen LogP contribution in [0.1, 0.15) is 5.56 Å². The Labute approximate surface area is 207 Å². The standard InChI is InChI=1S/C27H26N4O5/c1-36-21-13-11-20(12-14-21)29-25(33)18-30-23-10-6-5-9-22(23)26(34)31(27(30)35)17-24(32)28-16-15-19-7-3-2-4-8-19/h2-14H,15-18H2,1H3,(H,28,32)(H,29,33). The van der Waals surface area contributed by atoms with Gasteiger partial charge in [0.15, 0.2) is 0 Å². The molecule has 0 aliphatic rings. The van der Waals surface area contributed by atoms with Crippen LogP contribution in [0.15, 0.2) is 88.5 Å². The molecule has 0 aliphatic heterocycles. The fourth-order valence-electron chi connectivity index (χ4n) is 3.87. The summed E-state index contributed by atoms with van der Waals surface area (Å²) < 4.78 is 7.18. The molecular weight excluding hydrogens is 460 g/mol. The predicted octanol–water partition coefficient (Wildman–Crippen LogP) is 2.17. The van der Waals surface area contributed by atoms with Gasteiger partial charge in [0.05, 0.1) is 18.0 Å². The molecule has 2 amide bonds. The van der Waals surface area contributed by atoms with Gasteiger partial charge >= 0.3 is 5.69 Å². The van der Waals surface area contributed by atoms with E-state index in [9.17, 15) is 19.2 Å². The molecule has 1 aromatic heterocycles. The van der Waals surface area contributed by atoms with Crippen LogP contribution in [0.2, 0.25) is 0 Å². The van der Waals surface area contributed by atoms with E-state index in [1.54, 1.807) is 55.6 Å². The smallest absolute Gasteiger partial charge is 0.332 e. The molecule has 36 heavy (non-hydrogen) atoms. The molecule has 0 saturated heterocycles. The molecule has 4 rings (SSSR count). The molecule has 9 heteroatoms. The Morgan fingerprint density at radius 1 is 0.806 bits per heavy atom. The van der Waals surface area contributed by atoms with Gasteiger partial charge in [-0.05, 0) is 48.4 Å². The number of nitrogens with zero attached hydrogens (tertiary/aromatic N) is 2. The molecular formula is C27H26N4O5. The summed E-state index contributed by atoms with van der Waals surface area (Å²) in [5, 5.41) is 5.72. The van der Waals surface area contributed by atoms with E-state index in [4.69, 9.17) is 4.74 Å². The van der Waals surface area contributed by atoms with Crippen LogP contribution in [0.4, 0.5) is 5.69 Å². The number of benzene rings is 3. The van der Waals surface area contributed by atoms with Gasteiger partial charge in [0.1, 0.15) is 18.8 Å². The van der Waals surface area contributed by atoms with Crippen molar-refractivity contribution in [2.45, 2.75) is 19.5 Å². The van der Waals surface area contributed by atoms with Crippen molar-refractivity contribution in [3.63, 3.8) is 0 Å². The normalized spacial score (nSPS) is 10.7. The van der Waals surface area contributed by atoms with Crippen molar-refractivity contribution in [1.29, 1.82) is 0 Å². The number of methoxy groups -OCH3 is 1. The molecule has 1 heterocycles. The topological polar surface area (TPSA) is 111 Å². The summed E-state index contributed by atoms with van der Waals surface area (Å²) in [5.74, 6) is -0.274. The maximum absolute atomic E-state index is 13.3. The highest BCUT2D eigenvalue weighted by Gasteiger charge is 2.17. The summed E-state index contributed by atoms with van der Waals surface area (Å²) in [6.45, 7) is -0.414. The predicted molar refractivity (Wildman–Crippen MR) is 137 cm³/mol. The second-order valence-corrected chi connectivity index (χ2v) is 8.14. The Balaban J connectivity index is 1.54. The summed E-state index contributed by atoms with van der Waals surface area (Å²) in [4.78, 5) is 51.6. The molecule has 2 N–H and O–H groups in total. The van der Waals surface area contributed by atoms with Gasteiger partial charge in [-0.15, -0.1) is 0 Å². The highest BCUT2D eigenvalue weighted by atomic mass is 16.5. The third kappa shape index (κ3) is 5.69. The van der Waals surface area contributed by atoms with Gasteiger partial charge in [-0.25, -0.2) is 4.79 Å². The highest BCUT2D eigenvalue weighted by molar-refractivity contribution is 5.91. The van der Waals surface area contributed by atoms with Gasteiger partial charge in [0.2, 0.25) is 11.8 Å². The van der Waals surface area contributed by atoms with Crippen molar-refractivity contribution >= 4 is 28.4 Å². The fourth-order valence-corrected chi connectivity index (χ4v) is 3.87. The second-order valence-electron chi connectivity index (χ2n) is 8.14. The number of ether oxygens (including phenoxy) is 1. The molecule has 0 atom stereocenters. The Bertz CT molecular complexity index is 1490. The van der Waals surface area contributed by atoms with Crippen molar-refractivity contribution in [3.05, 3.63) is 105 Å². The Hall–Kier alpha value is -4.66. The molecule has 9 nitrogen and oxygen atoms in total. The number of carbonyl (C=O) groups is 2. The number of fused-ring (bicyclic) bond motifs is 1. The second kappa shape index (κ2) is 11.2. The minimum Gasteiger partial charge on any atom is -0.497 e. The van der Waals surface area contributed by atoms with E-state index in [1.165, 1.54) is 4.57 Å². The molecule has 0 unspecified atom stereocenters. The number of rotatable bonds is 9. The first-order chi connectivity index (χ1) is 17.5. The van der Waals surface area contributed by atoms with Crippen molar-refractivity contribution < 1.29 is 14.3 Å². The van der Waals surface area contributed by atoms with Gasteiger partial charge in [-0.2, -0.15) is 0 Å². The summed E-state index contributed by atoms with van der Waals surface area (Å²) in [5.41, 5.74) is 0.593. The first-order valence-electron chi connectivity index (χ1n) is 11.4. The van der Waals surface area contributed by atoms with E-state index >= 15 is 0 Å². The highest BCUT2D eigenvalue weighted by Crippen LogP contribution is 2.15. The lowest BCUT2D eigenvalue weighted by Gasteiger charge is -2.14. The van der Waals surface area contributed by atoms with Crippen LogP contribution in [0, 0.1) is 0 Å². The molecule has 0 spiro atoms. The molecule has 0 bridgehead atoms. The lowest BCUT2D eigenvalue weighted by atomic mass is 10.1. The maximum atomic E-state index is 13.3. The lowest BCUT2D eigenvalue weighted by molar-refractivity contribution is -0.121. The zero-order valence-electron chi connectivity index (χ0n) is 19.8. The summed E-state index contributed by atoms with van der Waals surface area (Å²) >= 11 is 0. The lowest BCUT2D eigenvalue weighted by Crippen LogP contribution is -2.45. The third-order valence-corrected chi connectivity index (χ3v) is 5.69. The van der Waals surface area contributed by atoms with Crippen LogP contribution < -0.4 is 26.6 Å². The van der Waals surface area contributed by atoms with Crippen LogP contribution in [-0.4, -0.2) is 34.6 Å². The Morgan fingerprint density at radius 2 is 1.47 bits per heavy atom. The van der Waals surface area contributed by atoms with E-state index in [2.05, 4.69) is 10.6 Å². The number of aromatic nitrogens is 2. The average molecular weight is 487 g/mol. The number of carbonyl (C=O) groups excluding carboxylic acids is 2. The average Bonchev–Trinajstić information content (AvgIpc) is 2.90. The van der Waals surface area contributed by atoms with E-state index in [1.807, 2.05) is 30.3 Å². The van der Waals surface area contributed by atoms with E-state index in [0.717, 1.165) is 10.1 Å². The summed E-state index contributed by atoms with van der Waals surface area (Å²) in [6.07, 6.45) is 0.620. The van der Waals surface area contributed by atoms with Crippen LogP contribution in [0.5, 0.6) is 5.75 Å². The SMILES string of the molecule is COc1ccc(NC(=O)Cn2c(=O)n(CC(=O)NCCc3ccccc3)c(=O)c3ccccc32)cc1. The monoisotopic (exact) mass is 486 g/mol. The third-order valence-electron chi connectivity index (χ3n) is 5.69. The van der Waals surface area contributed by atoms with E-state index in [-0.39, 0.29) is 11.9 Å². The quantitative estimate of drug-likeness (QED) is 0.377. The maximum Gasteiger partial charge on any atom is 0.332 e. The van der Waals surface area contributed by atoms with Crippen molar-refractivity contribution in [2.75, 3.05) is 19.0 Å². The molecule has 0 aliphatic carbocycles. The van der Waals surface area contributed by atoms with Crippen LogP contribution in [0.3, 0.4) is 0 Å². The minimum atomic E-state index is -0.734. The minimum absolute atomic E-state index is 0.242. The largest absolute Gasteiger partial charge is 0.497 e. The molecule has 3 aromatic carbocycles. The number of nitrogens with one attached hydrogen (secondary N) is 2. The van der Waals surface area contributed by atoms with Gasteiger partial charge in [-0.1, -0.05) is 42.5 Å². The summed E-state index contributed by atoms with van der Waals surface area (Å²) in [6, 6.07) is 22.9. The van der Waals surface area contributed by atoms with E-state index in [0.29, 0.717) is 29.9 Å². The molecule has 0 fully saturated rings. The number of para-hydroxylation sites is 1. The summed E-state index contributed by atoms with van der Waals surface area (Å²) in [7, 11) is 1.55. The Kier molecular flexibility index (Phi) is 7.60. The van der Waals surface area contributed by atoms with Gasteiger partial charge in [-0.3, -0.25) is 23.5 Å². The van der Waals surface area contributed by atoms with Crippen LogP contribution in [-0.2, 0) is 29.1 Å². The number of anilines is 1. The van der Waals surface area contributed by atoms with Crippen LogP contribution >= 0.6 is 0 Å². The number of hydrogen-bond acceptors (Lipinski definition) is 5. The van der Waals surface area contributed by atoms with Gasteiger partial charge in [0, 0.05) is 12.2 Å². The zero-order chi connectivity index (χ0) is 25.5. The molecule has 4 aromatic rings. The first kappa shape index (κ1) is 24.5. The zero-order valence-corrected chi connectivity index (χ0v) is 19.8. The van der Waals surface area contributed by atoms with Gasteiger partial charge < -0.3 is 15.4 Å². The number of hydrogen-bond donors (Lipinski definition) is 2. The van der Waals surface area contributed by atoms with Crippen LogP contribution in [0.25, 0.3) is 10.9 Å². The Morgan fingerprint density at radius 3 is 2.19 bits per heavy atom. The first-order valence-corrected chi connectivity index (χ1v) is 11.4. The van der Waals surface area contributed by atoms with Gasteiger partial charge in [0.25, 0.3) is 5.56 Å². The van der Waals surface area contributed by atoms with Crippen molar-refractivity contribution in [3.8, 4) is 5.75 Å². The molecule has 184 valence electrons. The molecule has 0 radical (unpaired) electrons. The van der Waals surface area contributed by atoms with Crippen molar-refractivity contribution in [1.82, 2.24) is 14.5 Å². The van der Waals surface area contributed by atoms with E-state index < -0.39 is 29.6 Å². The van der Waals surface area contributed by atoms with Crippen molar-refractivity contribution in [2.24, 2.45) is 0 Å². The molecule has 0 saturated carbocycles. The fraction of sp³-hybridized carbons (Fsp3) is 0.185.